The van der Waals surface area contributed by atoms with Gasteiger partial charge in [0.05, 0.1) is 28.1 Å². The number of anilines is 2. The van der Waals surface area contributed by atoms with E-state index in [1.54, 1.807) is 6.33 Å². The molecule has 0 bridgehead atoms. The molecule has 1 aliphatic carbocycles. The number of nitrogens with two attached hydrogens (primary N) is 1. The van der Waals surface area contributed by atoms with Crippen LogP contribution in [0.1, 0.15) is 52.1 Å². The maximum Gasteiger partial charge on any atom is 0.163 e. The van der Waals surface area contributed by atoms with E-state index >= 15 is 0 Å². The predicted molar refractivity (Wildman–Crippen MR) is 147 cm³/mol. The molecule has 1 saturated heterocycles. The van der Waals surface area contributed by atoms with Gasteiger partial charge in [0.2, 0.25) is 0 Å². The number of nitrogen functional groups attached to an aromatic ring is 1. The number of hydrogen-bond donors (Lipinski definition) is 2. The van der Waals surface area contributed by atoms with Crippen molar-refractivity contribution in [2.75, 3.05) is 11.1 Å². The fourth-order valence-corrected chi connectivity index (χ4v) is 6.11. The zero-order valence-electron chi connectivity index (χ0n) is 21.6. The lowest BCUT2D eigenvalue weighted by Gasteiger charge is -2.24. The summed E-state index contributed by atoms with van der Waals surface area (Å²) < 4.78 is 15.2. The summed E-state index contributed by atoms with van der Waals surface area (Å²) in [5.74, 6) is 0.961. The van der Waals surface area contributed by atoms with Gasteiger partial charge in [-0.05, 0) is 76.6 Å². The third-order valence-corrected chi connectivity index (χ3v) is 7.81. The zero-order chi connectivity index (χ0) is 25.9. The van der Waals surface area contributed by atoms with Crippen molar-refractivity contribution in [2.24, 2.45) is 5.92 Å². The molecule has 37 heavy (non-hydrogen) atoms. The second-order valence-electron chi connectivity index (χ2n) is 11.0. The molecule has 1 saturated carbocycles. The third-order valence-electron chi connectivity index (χ3n) is 7.51. The molecule has 0 radical (unpaired) electrons. The van der Waals surface area contributed by atoms with Gasteiger partial charge >= 0.3 is 0 Å². The molecule has 6 rings (SSSR count). The Hall–Kier alpha value is -2.94. The van der Waals surface area contributed by atoms with Crippen LogP contribution in [0, 0.1) is 5.92 Å². The molecule has 1 aromatic carbocycles. The fraction of sp³-hybridized carbons (Fsp3) is 0.464. The summed E-state index contributed by atoms with van der Waals surface area (Å²) in [7, 11) is 0. The lowest BCUT2D eigenvalue weighted by molar-refractivity contribution is -0.160. The highest BCUT2D eigenvalue weighted by atomic mass is 35.5. The van der Waals surface area contributed by atoms with Gasteiger partial charge in [0.25, 0.3) is 0 Å². The average Bonchev–Trinajstić information content (AvgIpc) is 3.49. The minimum Gasteiger partial charge on any atom is -0.382 e. The molecule has 2 fully saturated rings. The number of ether oxygens (including phenoxy) is 2. The Kier molecular flexibility index (Phi) is 6.01. The lowest BCUT2D eigenvalue weighted by atomic mass is 9.95. The van der Waals surface area contributed by atoms with Gasteiger partial charge in [0.1, 0.15) is 29.7 Å². The molecule has 4 aromatic rings. The van der Waals surface area contributed by atoms with E-state index in [0.29, 0.717) is 16.8 Å². The van der Waals surface area contributed by atoms with Crippen LogP contribution in [-0.2, 0) is 15.9 Å². The summed E-state index contributed by atoms with van der Waals surface area (Å²) in [5, 5.41) is 5.94. The minimum absolute atomic E-state index is 0.0283. The van der Waals surface area contributed by atoms with E-state index in [1.165, 1.54) is 5.56 Å². The van der Waals surface area contributed by atoms with Crippen LogP contribution in [0.25, 0.3) is 21.9 Å². The number of nitrogens with one attached hydrogen (secondary N) is 1. The van der Waals surface area contributed by atoms with Crippen LogP contribution in [0.5, 0.6) is 0 Å². The Morgan fingerprint density at radius 1 is 1.16 bits per heavy atom. The minimum atomic E-state index is -0.613. The normalized spacial score (nSPS) is 24.8. The van der Waals surface area contributed by atoms with Gasteiger partial charge in [0, 0.05) is 17.6 Å². The van der Waals surface area contributed by atoms with Crippen molar-refractivity contribution < 1.29 is 9.47 Å². The maximum absolute atomic E-state index is 6.48. The number of hydrogen-bond acceptors (Lipinski definition) is 7. The number of aryl methyl sites for hydroxylation is 1. The van der Waals surface area contributed by atoms with Gasteiger partial charge in [-0.2, -0.15) is 0 Å². The first-order chi connectivity index (χ1) is 17.7. The van der Waals surface area contributed by atoms with Crippen molar-refractivity contribution in [3.63, 3.8) is 0 Å². The number of aromatic nitrogens is 4. The molecule has 3 aromatic heterocycles. The molecule has 1 aliphatic heterocycles. The van der Waals surface area contributed by atoms with Gasteiger partial charge in [-0.1, -0.05) is 23.7 Å². The number of nitrogens with zero attached hydrogens (tertiary/aromatic N) is 4. The summed E-state index contributed by atoms with van der Waals surface area (Å²) in [6.07, 6.45) is 6.61. The molecular weight excluding hydrogens is 488 g/mol. The van der Waals surface area contributed by atoms with Crippen molar-refractivity contribution in [1.29, 1.82) is 0 Å². The second kappa shape index (κ2) is 9.11. The molecule has 4 heterocycles. The smallest absolute Gasteiger partial charge is 0.163 e. The number of rotatable bonds is 6. The molecule has 3 N–H and O–H groups in total. The average molecular weight is 521 g/mol. The summed E-state index contributed by atoms with van der Waals surface area (Å²) in [6.45, 7) is 8.23. The Morgan fingerprint density at radius 3 is 2.78 bits per heavy atom. The molecule has 194 valence electrons. The van der Waals surface area contributed by atoms with E-state index in [1.807, 2.05) is 19.9 Å². The highest BCUT2D eigenvalue weighted by molar-refractivity contribution is 6.33. The van der Waals surface area contributed by atoms with Gasteiger partial charge in [-0.15, -0.1) is 0 Å². The van der Waals surface area contributed by atoms with E-state index in [4.69, 9.17) is 26.8 Å². The van der Waals surface area contributed by atoms with Crippen LogP contribution >= 0.6 is 11.6 Å². The largest absolute Gasteiger partial charge is 0.382 e. The second-order valence-corrected chi connectivity index (χ2v) is 11.4. The standard InChI is InChI=1S/C28H33ClN6O2/c1-15(2)33-26-19-9-10-35(27(19)32-14-31-26)22-13-18(23-24(22)37-28(3,4)36-23)8-6-16-5-7-17-12-20(29)25(30)34-21(17)11-16/h5,7,9-12,14-15,18,22-24H,6,8,13H2,1-4H3,(H2,30,34)(H,31,32,33)/t18-,22+,23+,24-/m0/s1. The molecule has 9 heteroatoms. The van der Waals surface area contributed by atoms with Crippen molar-refractivity contribution in [2.45, 2.75) is 77.0 Å². The highest BCUT2D eigenvalue weighted by Gasteiger charge is 2.54. The Bertz CT molecular complexity index is 1470. The van der Waals surface area contributed by atoms with Gasteiger partial charge in [0.15, 0.2) is 5.79 Å². The monoisotopic (exact) mass is 520 g/mol. The molecule has 4 atom stereocenters. The van der Waals surface area contributed by atoms with Gasteiger partial charge in [-0.25, -0.2) is 15.0 Å². The summed E-state index contributed by atoms with van der Waals surface area (Å²) in [6, 6.07) is 10.7. The quantitative estimate of drug-likeness (QED) is 0.334. The third kappa shape index (κ3) is 4.51. The summed E-state index contributed by atoms with van der Waals surface area (Å²) in [5.41, 5.74) is 8.96. The van der Waals surface area contributed by atoms with Crippen LogP contribution in [0.4, 0.5) is 11.6 Å². The first-order valence-electron chi connectivity index (χ1n) is 13.0. The van der Waals surface area contributed by atoms with E-state index in [-0.39, 0.29) is 24.3 Å². The predicted octanol–water partition coefficient (Wildman–Crippen LogP) is 5.75. The van der Waals surface area contributed by atoms with E-state index < -0.39 is 5.79 Å². The van der Waals surface area contributed by atoms with Crippen LogP contribution in [0.15, 0.2) is 42.9 Å². The van der Waals surface area contributed by atoms with Crippen molar-refractivity contribution in [3.8, 4) is 0 Å². The molecule has 8 nitrogen and oxygen atoms in total. The van der Waals surface area contributed by atoms with Crippen LogP contribution < -0.4 is 11.1 Å². The number of pyridine rings is 1. The number of halogens is 1. The van der Waals surface area contributed by atoms with Gasteiger partial charge in [-0.3, -0.25) is 0 Å². The molecule has 2 aliphatic rings. The lowest BCUT2D eigenvalue weighted by Crippen LogP contribution is -2.27. The molecular formula is C28H33ClN6O2. The van der Waals surface area contributed by atoms with Crippen molar-refractivity contribution in [1.82, 2.24) is 19.5 Å². The number of benzene rings is 1. The fourth-order valence-electron chi connectivity index (χ4n) is 5.95. The van der Waals surface area contributed by atoms with Crippen LogP contribution in [0.2, 0.25) is 5.02 Å². The summed E-state index contributed by atoms with van der Waals surface area (Å²) in [4.78, 5) is 13.6. The first-order valence-corrected chi connectivity index (χ1v) is 13.3. The Labute approximate surface area is 221 Å². The summed E-state index contributed by atoms with van der Waals surface area (Å²) >= 11 is 6.15. The SMILES string of the molecule is CC(C)Nc1ncnc2c1ccn2[C@@H]1C[C@H](CCc2ccc3cc(Cl)c(N)nc3c2)[C@H]2OC(C)(C)O[C@H]21. The number of fused-ring (bicyclic) bond motifs is 3. The van der Waals surface area contributed by atoms with Crippen molar-refractivity contribution >= 4 is 45.2 Å². The van der Waals surface area contributed by atoms with Crippen LogP contribution in [-0.4, -0.2) is 43.6 Å². The Morgan fingerprint density at radius 2 is 1.97 bits per heavy atom. The van der Waals surface area contributed by atoms with E-state index in [9.17, 15) is 0 Å². The van der Waals surface area contributed by atoms with Crippen molar-refractivity contribution in [3.05, 3.63) is 53.4 Å². The van der Waals surface area contributed by atoms with E-state index in [2.05, 4.69) is 69.1 Å². The molecule has 0 spiro atoms. The van der Waals surface area contributed by atoms with Gasteiger partial charge < -0.3 is 25.1 Å². The first kappa shape index (κ1) is 24.4. The van der Waals surface area contributed by atoms with E-state index in [0.717, 1.165) is 47.0 Å². The molecule has 0 unspecified atom stereocenters. The highest BCUT2D eigenvalue weighted by Crippen LogP contribution is 2.49. The van der Waals surface area contributed by atoms with Crippen LogP contribution in [0.3, 0.4) is 0 Å². The zero-order valence-corrected chi connectivity index (χ0v) is 22.4. The topological polar surface area (TPSA) is 100 Å². The Balaban J connectivity index is 1.26. The molecule has 0 amide bonds. The maximum atomic E-state index is 6.48.